The molecule has 8 heteroatoms. The number of hydrogen-bond acceptors (Lipinski definition) is 3. The molecule has 112 valence electrons. The van der Waals surface area contributed by atoms with Gasteiger partial charge in [-0.2, -0.15) is 13.2 Å². The highest BCUT2D eigenvalue weighted by molar-refractivity contribution is 9.10. The number of hydrogen-bond donors (Lipinski definition) is 1. The summed E-state index contributed by atoms with van der Waals surface area (Å²) >= 11 is 3.05. The number of anilines is 1. The lowest BCUT2D eigenvalue weighted by Crippen LogP contribution is -2.20. The summed E-state index contributed by atoms with van der Waals surface area (Å²) in [6, 6.07) is 7.29. The third kappa shape index (κ3) is 4.25. The van der Waals surface area contributed by atoms with E-state index in [1.807, 2.05) is 0 Å². The molecule has 0 aliphatic heterocycles. The van der Waals surface area contributed by atoms with E-state index in [1.54, 1.807) is 6.07 Å². The van der Waals surface area contributed by atoms with Crippen molar-refractivity contribution in [3.63, 3.8) is 0 Å². The monoisotopic (exact) mass is 363 g/mol. The Bertz CT molecular complexity index is 640. The van der Waals surface area contributed by atoms with E-state index in [1.165, 1.54) is 30.5 Å². The van der Waals surface area contributed by atoms with E-state index in [0.29, 0.717) is 0 Å². The van der Waals surface area contributed by atoms with Crippen molar-refractivity contribution in [3.05, 3.63) is 46.8 Å². The standard InChI is InChI=1S/C13H9BrF3NO3/c14-11-8(5-6-20-11)12(19)18-9-3-1-2-4-10(9)21-7-13(15,16)17/h1-6H,7H2,(H,18,19). The third-order valence-corrected chi connectivity index (χ3v) is 3.00. The average molecular weight is 364 g/mol. The maximum Gasteiger partial charge on any atom is 0.422 e. The van der Waals surface area contributed by atoms with Crippen LogP contribution in [-0.2, 0) is 0 Å². The molecule has 0 unspecified atom stereocenters. The van der Waals surface area contributed by atoms with Gasteiger partial charge in [0.05, 0.1) is 17.5 Å². The molecule has 1 aromatic carbocycles. The molecule has 1 aromatic heterocycles. The molecule has 2 aromatic rings. The fourth-order valence-corrected chi connectivity index (χ4v) is 1.92. The van der Waals surface area contributed by atoms with Crippen molar-refractivity contribution in [3.8, 4) is 5.75 Å². The zero-order chi connectivity index (χ0) is 15.5. The first-order chi connectivity index (χ1) is 9.87. The molecule has 0 saturated heterocycles. The van der Waals surface area contributed by atoms with Crippen LogP contribution in [0.25, 0.3) is 0 Å². The largest absolute Gasteiger partial charge is 0.482 e. The summed E-state index contributed by atoms with van der Waals surface area (Å²) in [5.41, 5.74) is 0.362. The van der Waals surface area contributed by atoms with Gasteiger partial charge in [-0.3, -0.25) is 4.79 Å². The highest BCUT2D eigenvalue weighted by Crippen LogP contribution is 2.27. The maximum absolute atomic E-state index is 12.2. The zero-order valence-corrected chi connectivity index (χ0v) is 12.0. The van der Waals surface area contributed by atoms with Gasteiger partial charge < -0.3 is 14.5 Å². The molecule has 2 rings (SSSR count). The second kappa shape index (κ2) is 6.21. The minimum Gasteiger partial charge on any atom is -0.482 e. The molecule has 21 heavy (non-hydrogen) atoms. The van der Waals surface area contributed by atoms with Crippen molar-refractivity contribution < 1.29 is 27.1 Å². The summed E-state index contributed by atoms with van der Waals surface area (Å²) in [7, 11) is 0. The lowest BCUT2D eigenvalue weighted by atomic mass is 10.2. The highest BCUT2D eigenvalue weighted by atomic mass is 79.9. The summed E-state index contributed by atoms with van der Waals surface area (Å²) in [4.78, 5) is 12.0. The van der Waals surface area contributed by atoms with E-state index in [0.717, 1.165) is 0 Å². The summed E-state index contributed by atoms with van der Waals surface area (Å²) in [5, 5.41) is 2.47. The first-order valence-corrected chi connectivity index (χ1v) is 6.49. The van der Waals surface area contributed by atoms with Gasteiger partial charge in [-0.1, -0.05) is 12.1 Å². The predicted octanol–water partition coefficient (Wildman–Crippen LogP) is 4.24. The first-order valence-electron chi connectivity index (χ1n) is 5.70. The summed E-state index contributed by atoms with van der Waals surface area (Å²) < 4.78 is 46.4. The molecule has 0 aliphatic rings. The van der Waals surface area contributed by atoms with Crippen LogP contribution in [0, 0.1) is 0 Å². The molecule has 0 aliphatic carbocycles. The minimum atomic E-state index is -4.45. The van der Waals surface area contributed by atoms with Gasteiger partial charge in [0.15, 0.2) is 11.3 Å². The molecule has 1 amide bonds. The van der Waals surface area contributed by atoms with Crippen molar-refractivity contribution in [2.45, 2.75) is 6.18 Å². The van der Waals surface area contributed by atoms with E-state index in [-0.39, 0.29) is 21.7 Å². The molecule has 0 spiro atoms. The number of furan rings is 1. The Hall–Kier alpha value is -1.96. The minimum absolute atomic E-state index is 0.0669. The van der Waals surface area contributed by atoms with E-state index in [4.69, 9.17) is 4.42 Å². The number of carbonyl (C=O) groups excluding carboxylic acids is 1. The van der Waals surface area contributed by atoms with Gasteiger partial charge in [0, 0.05) is 0 Å². The van der Waals surface area contributed by atoms with Gasteiger partial charge in [0.2, 0.25) is 0 Å². The SMILES string of the molecule is O=C(Nc1ccccc1OCC(F)(F)F)c1ccoc1Br. The molecular weight excluding hydrogens is 355 g/mol. The number of halogens is 4. The molecule has 1 heterocycles. The molecule has 0 saturated carbocycles. The van der Waals surface area contributed by atoms with Gasteiger partial charge in [0.1, 0.15) is 5.75 Å². The van der Waals surface area contributed by atoms with E-state index in [2.05, 4.69) is 26.0 Å². The van der Waals surface area contributed by atoms with Crippen LogP contribution in [0.2, 0.25) is 0 Å². The lowest BCUT2D eigenvalue weighted by Gasteiger charge is -2.13. The molecule has 1 N–H and O–H groups in total. The van der Waals surface area contributed by atoms with Crippen molar-refractivity contribution in [1.82, 2.24) is 0 Å². The van der Waals surface area contributed by atoms with Crippen molar-refractivity contribution in [1.29, 1.82) is 0 Å². The second-order valence-electron chi connectivity index (χ2n) is 3.96. The normalized spacial score (nSPS) is 11.2. The summed E-state index contributed by atoms with van der Waals surface area (Å²) in [6.07, 6.45) is -3.14. The Kier molecular flexibility index (Phi) is 4.56. The summed E-state index contributed by atoms with van der Waals surface area (Å²) in [6.45, 7) is -1.44. The van der Waals surface area contributed by atoms with Crippen molar-refractivity contribution in [2.75, 3.05) is 11.9 Å². The maximum atomic E-state index is 12.2. The van der Waals surface area contributed by atoms with Crippen LogP contribution >= 0.6 is 15.9 Å². The number of carbonyl (C=O) groups is 1. The fraction of sp³-hybridized carbons (Fsp3) is 0.154. The predicted molar refractivity (Wildman–Crippen MR) is 72.4 cm³/mol. The molecule has 0 bridgehead atoms. The average Bonchev–Trinajstić information content (AvgIpc) is 2.83. The highest BCUT2D eigenvalue weighted by Gasteiger charge is 2.29. The van der Waals surface area contributed by atoms with Crippen molar-refractivity contribution >= 4 is 27.5 Å². The number of amides is 1. The van der Waals surface area contributed by atoms with Crippen LogP contribution in [0.4, 0.5) is 18.9 Å². The van der Waals surface area contributed by atoms with E-state index >= 15 is 0 Å². The Morgan fingerprint density at radius 1 is 1.29 bits per heavy atom. The Morgan fingerprint density at radius 3 is 2.62 bits per heavy atom. The number of benzene rings is 1. The Balaban J connectivity index is 2.13. The van der Waals surface area contributed by atoms with Crippen LogP contribution < -0.4 is 10.1 Å². The van der Waals surface area contributed by atoms with Gasteiger partial charge in [-0.25, -0.2) is 0 Å². The smallest absolute Gasteiger partial charge is 0.422 e. The van der Waals surface area contributed by atoms with Crippen LogP contribution in [0.15, 0.2) is 45.7 Å². The topological polar surface area (TPSA) is 51.5 Å². The Morgan fingerprint density at radius 2 is 2.00 bits per heavy atom. The fourth-order valence-electron chi connectivity index (χ4n) is 1.50. The number of para-hydroxylation sites is 2. The van der Waals surface area contributed by atoms with Gasteiger partial charge in [-0.15, -0.1) is 0 Å². The van der Waals surface area contributed by atoms with E-state index < -0.39 is 18.7 Å². The van der Waals surface area contributed by atoms with Gasteiger partial charge in [-0.05, 0) is 34.1 Å². The van der Waals surface area contributed by atoms with Crippen LogP contribution in [-0.4, -0.2) is 18.7 Å². The number of ether oxygens (including phenoxy) is 1. The number of rotatable bonds is 4. The first kappa shape index (κ1) is 15.4. The molecule has 0 radical (unpaired) electrons. The quantitative estimate of drug-likeness (QED) is 0.883. The lowest BCUT2D eigenvalue weighted by molar-refractivity contribution is -0.153. The van der Waals surface area contributed by atoms with Crippen LogP contribution in [0.3, 0.4) is 0 Å². The third-order valence-electron chi connectivity index (χ3n) is 2.39. The van der Waals surface area contributed by atoms with Gasteiger partial charge in [0.25, 0.3) is 5.91 Å². The number of alkyl halides is 3. The van der Waals surface area contributed by atoms with Crippen LogP contribution in [0.5, 0.6) is 5.75 Å². The van der Waals surface area contributed by atoms with Crippen LogP contribution in [0.1, 0.15) is 10.4 Å². The summed E-state index contributed by atoms with van der Waals surface area (Å²) in [5.74, 6) is -0.596. The second-order valence-corrected chi connectivity index (χ2v) is 4.68. The zero-order valence-electron chi connectivity index (χ0n) is 10.4. The van der Waals surface area contributed by atoms with Crippen molar-refractivity contribution in [2.24, 2.45) is 0 Å². The van der Waals surface area contributed by atoms with E-state index in [9.17, 15) is 18.0 Å². The molecule has 4 nitrogen and oxygen atoms in total. The molecule has 0 atom stereocenters. The number of nitrogens with one attached hydrogen (secondary N) is 1. The Labute approximate surface area is 126 Å². The van der Waals surface area contributed by atoms with Gasteiger partial charge >= 0.3 is 6.18 Å². The molecule has 0 fully saturated rings. The molecular formula is C13H9BrF3NO3.